The molecule has 0 aliphatic carbocycles. The number of anilines is 2. The van der Waals surface area contributed by atoms with Gasteiger partial charge in [0.25, 0.3) is 0 Å². The molecule has 0 aromatic heterocycles. The Morgan fingerprint density at radius 2 is 2.21 bits per heavy atom. The van der Waals surface area contributed by atoms with Gasteiger partial charge in [0.15, 0.2) is 5.78 Å². The van der Waals surface area contributed by atoms with Crippen LogP contribution in [0.15, 0.2) is 18.2 Å². The van der Waals surface area contributed by atoms with Crippen LogP contribution in [0, 0.1) is 0 Å². The quantitative estimate of drug-likeness (QED) is 0.671. The number of carbonyl (C=O) groups excluding carboxylic acids is 1. The molecule has 1 heterocycles. The van der Waals surface area contributed by atoms with Gasteiger partial charge in [0, 0.05) is 37.1 Å². The molecule has 0 bridgehead atoms. The van der Waals surface area contributed by atoms with Crippen molar-refractivity contribution in [3.8, 4) is 0 Å². The summed E-state index contributed by atoms with van der Waals surface area (Å²) in [6, 6.07) is 5.67. The van der Waals surface area contributed by atoms with E-state index in [1.165, 1.54) is 6.92 Å². The fourth-order valence-electron chi connectivity index (χ4n) is 2.66. The molecule has 1 aromatic carbocycles. The van der Waals surface area contributed by atoms with Crippen LogP contribution in [-0.4, -0.2) is 31.6 Å². The van der Waals surface area contributed by atoms with Gasteiger partial charge >= 0.3 is 0 Å². The normalized spacial score (nSPS) is 23.4. The van der Waals surface area contributed by atoms with Crippen LogP contribution in [0.3, 0.4) is 0 Å². The second kappa shape index (κ2) is 5.21. The van der Waals surface area contributed by atoms with E-state index in [2.05, 4.69) is 11.8 Å². The predicted octanol–water partition coefficient (Wildman–Crippen LogP) is 2.48. The highest BCUT2D eigenvalue weighted by atomic mass is 16.5. The number of nitrogens with two attached hydrogens (primary N) is 1. The summed E-state index contributed by atoms with van der Waals surface area (Å²) in [6.45, 7) is 5.51. The molecule has 1 aliphatic heterocycles. The standard InChI is InChI=1S/C15H22N2O2/c1-11(18)13-6-5-12(9-14(13)16)17-8-4-7-15(2,10-17)19-3/h5-6,9H,4,7-8,10,16H2,1-3H3. The summed E-state index contributed by atoms with van der Waals surface area (Å²) >= 11 is 0. The van der Waals surface area contributed by atoms with Crippen molar-refractivity contribution < 1.29 is 9.53 Å². The zero-order chi connectivity index (χ0) is 14.0. The summed E-state index contributed by atoms with van der Waals surface area (Å²) in [5.74, 6) is 0.00410. The maximum atomic E-state index is 11.4. The minimum Gasteiger partial charge on any atom is -0.398 e. The van der Waals surface area contributed by atoms with Crippen LogP contribution in [-0.2, 0) is 4.74 Å². The van der Waals surface area contributed by atoms with Crippen LogP contribution in [0.1, 0.15) is 37.0 Å². The first-order valence-electron chi connectivity index (χ1n) is 6.66. The molecule has 4 nitrogen and oxygen atoms in total. The SMILES string of the molecule is COC1(C)CCCN(c2ccc(C(C)=O)c(N)c2)C1. The molecule has 1 fully saturated rings. The Balaban J connectivity index is 2.23. The number of piperidine rings is 1. The van der Waals surface area contributed by atoms with Gasteiger partial charge in [-0.1, -0.05) is 0 Å². The maximum absolute atomic E-state index is 11.4. The van der Waals surface area contributed by atoms with Crippen molar-refractivity contribution in [1.29, 1.82) is 0 Å². The van der Waals surface area contributed by atoms with Crippen molar-refractivity contribution in [2.75, 3.05) is 30.8 Å². The third-order valence-electron chi connectivity index (χ3n) is 3.93. The molecule has 19 heavy (non-hydrogen) atoms. The van der Waals surface area contributed by atoms with Crippen LogP contribution < -0.4 is 10.6 Å². The van der Waals surface area contributed by atoms with Crippen molar-refractivity contribution in [2.45, 2.75) is 32.3 Å². The Kier molecular flexibility index (Phi) is 3.80. The smallest absolute Gasteiger partial charge is 0.161 e. The molecule has 1 unspecified atom stereocenters. The molecule has 0 radical (unpaired) electrons. The first-order chi connectivity index (χ1) is 8.95. The van der Waals surface area contributed by atoms with E-state index in [1.54, 1.807) is 7.11 Å². The number of hydrogen-bond donors (Lipinski definition) is 1. The third kappa shape index (κ3) is 2.89. The molecule has 2 rings (SSSR count). The summed E-state index contributed by atoms with van der Waals surface area (Å²) < 4.78 is 5.60. The lowest BCUT2D eigenvalue weighted by Gasteiger charge is -2.40. The molecule has 1 aliphatic rings. The van der Waals surface area contributed by atoms with Crippen molar-refractivity contribution in [3.63, 3.8) is 0 Å². The van der Waals surface area contributed by atoms with Crippen molar-refractivity contribution in [2.24, 2.45) is 0 Å². The van der Waals surface area contributed by atoms with E-state index in [0.29, 0.717) is 11.3 Å². The van der Waals surface area contributed by atoms with Gasteiger partial charge in [-0.15, -0.1) is 0 Å². The van der Waals surface area contributed by atoms with Crippen LogP contribution in [0.4, 0.5) is 11.4 Å². The second-order valence-corrected chi connectivity index (χ2v) is 5.51. The average Bonchev–Trinajstić information content (AvgIpc) is 2.38. The fourth-order valence-corrected chi connectivity index (χ4v) is 2.66. The van der Waals surface area contributed by atoms with E-state index in [-0.39, 0.29) is 11.4 Å². The van der Waals surface area contributed by atoms with Gasteiger partial charge in [-0.3, -0.25) is 4.79 Å². The Morgan fingerprint density at radius 3 is 2.79 bits per heavy atom. The number of methoxy groups -OCH3 is 1. The number of carbonyl (C=O) groups is 1. The monoisotopic (exact) mass is 262 g/mol. The number of rotatable bonds is 3. The molecule has 1 aromatic rings. The number of ketones is 1. The number of nitrogens with zero attached hydrogens (tertiary/aromatic N) is 1. The predicted molar refractivity (Wildman–Crippen MR) is 77.7 cm³/mol. The summed E-state index contributed by atoms with van der Waals surface area (Å²) in [7, 11) is 1.76. The van der Waals surface area contributed by atoms with Crippen LogP contribution >= 0.6 is 0 Å². The van der Waals surface area contributed by atoms with Crippen molar-refractivity contribution in [3.05, 3.63) is 23.8 Å². The molecular weight excluding hydrogens is 240 g/mol. The highest BCUT2D eigenvalue weighted by Crippen LogP contribution is 2.29. The number of Topliss-reactive ketones (excluding diaryl/α,β-unsaturated/α-hetero) is 1. The van der Waals surface area contributed by atoms with Gasteiger partial charge < -0.3 is 15.4 Å². The topological polar surface area (TPSA) is 55.6 Å². The van der Waals surface area contributed by atoms with E-state index in [4.69, 9.17) is 10.5 Å². The summed E-state index contributed by atoms with van der Waals surface area (Å²) in [6.07, 6.45) is 2.17. The van der Waals surface area contributed by atoms with Crippen LogP contribution in [0.25, 0.3) is 0 Å². The fraction of sp³-hybridized carbons (Fsp3) is 0.533. The first kappa shape index (κ1) is 13.9. The Labute approximate surface area is 114 Å². The molecule has 0 spiro atoms. The molecule has 1 atom stereocenters. The van der Waals surface area contributed by atoms with E-state index in [9.17, 15) is 4.79 Å². The molecule has 0 amide bonds. The minimum atomic E-state index is -0.105. The van der Waals surface area contributed by atoms with Gasteiger partial charge in [-0.05, 0) is 44.9 Å². The van der Waals surface area contributed by atoms with E-state index in [0.717, 1.165) is 31.6 Å². The summed E-state index contributed by atoms with van der Waals surface area (Å²) in [4.78, 5) is 13.7. The molecule has 1 saturated heterocycles. The van der Waals surface area contributed by atoms with Crippen molar-refractivity contribution in [1.82, 2.24) is 0 Å². The number of ether oxygens (including phenoxy) is 1. The molecule has 4 heteroatoms. The second-order valence-electron chi connectivity index (χ2n) is 5.51. The lowest BCUT2D eigenvalue weighted by Crippen LogP contribution is -2.47. The highest BCUT2D eigenvalue weighted by Gasteiger charge is 2.31. The molecule has 0 saturated carbocycles. The third-order valence-corrected chi connectivity index (χ3v) is 3.93. The molecule has 2 N–H and O–H groups in total. The van der Waals surface area contributed by atoms with Crippen LogP contribution in [0.2, 0.25) is 0 Å². The zero-order valence-corrected chi connectivity index (χ0v) is 11.9. The Bertz CT molecular complexity index is 487. The largest absolute Gasteiger partial charge is 0.398 e. The highest BCUT2D eigenvalue weighted by molar-refractivity contribution is 5.99. The molecular formula is C15H22N2O2. The Morgan fingerprint density at radius 1 is 1.47 bits per heavy atom. The Hall–Kier alpha value is -1.55. The summed E-state index contributed by atoms with van der Waals surface area (Å²) in [5.41, 5.74) is 8.05. The number of hydrogen-bond acceptors (Lipinski definition) is 4. The lowest BCUT2D eigenvalue weighted by atomic mass is 9.94. The average molecular weight is 262 g/mol. The van der Waals surface area contributed by atoms with E-state index >= 15 is 0 Å². The van der Waals surface area contributed by atoms with Gasteiger partial charge in [0.2, 0.25) is 0 Å². The molecule has 104 valence electrons. The van der Waals surface area contributed by atoms with E-state index < -0.39 is 0 Å². The van der Waals surface area contributed by atoms with Gasteiger partial charge in [0.1, 0.15) is 0 Å². The van der Waals surface area contributed by atoms with Crippen molar-refractivity contribution >= 4 is 17.2 Å². The minimum absolute atomic E-state index is 0.00410. The summed E-state index contributed by atoms with van der Waals surface area (Å²) in [5, 5.41) is 0. The zero-order valence-electron chi connectivity index (χ0n) is 11.9. The number of benzene rings is 1. The van der Waals surface area contributed by atoms with Gasteiger partial charge in [-0.25, -0.2) is 0 Å². The number of nitrogen functional groups attached to an aromatic ring is 1. The maximum Gasteiger partial charge on any atom is 0.161 e. The van der Waals surface area contributed by atoms with Crippen LogP contribution in [0.5, 0.6) is 0 Å². The lowest BCUT2D eigenvalue weighted by molar-refractivity contribution is -0.00465. The van der Waals surface area contributed by atoms with Gasteiger partial charge in [-0.2, -0.15) is 0 Å². The van der Waals surface area contributed by atoms with Gasteiger partial charge in [0.05, 0.1) is 5.60 Å². The van der Waals surface area contributed by atoms with E-state index in [1.807, 2.05) is 18.2 Å². The first-order valence-corrected chi connectivity index (χ1v) is 6.66.